The standard InChI is InChI=1S/C60H45NO/c1-59(2)50-31-11-6-24-47(50)56-44(27-17-32-51(56)59)42-22-7-12-33-52(42)61(39-20-15-19-38(37-39)40-26-18-36-55-57(40)48-25-9-14-35-54(48)62-55)53-34-13-8-23-43(53)46-29-16-28-45-41-21-5-10-30-49(41)60(3,4)58(45)46/h5-37H,1-4H3. The van der Waals surface area contributed by atoms with Crippen LogP contribution in [0.4, 0.5) is 17.1 Å². The molecule has 0 amide bonds. The van der Waals surface area contributed by atoms with E-state index in [1.165, 1.54) is 66.8 Å². The van der Waals surface area contributed by atoms with E-state index in [0.29, 0.717) is 0 Å². The van der Waals surface area contributed by atoms with Gasteiger partial charge >= 0.3 is 0 Å². The van der Waals surface area contributed by atoms with Crippen LogP contribution in [0, 0.1) is 0 Å². The van der Waals surface area contributed by atoms with Gasteiger partial charge in [0.1, 0.15) is 11.2 Å². The molecule has 296 valence electrons. The van der Waals surface area contributed by atoms with Crippen LogP contribution in [0.1, 0.15) is 49.9 Å². The normalized spacial score (nSPS) is 14.1. The first-order valence-corrected chi connectivity index (χ1v) is 21.8. The predicted octanol–water partition coefficient (Wildman–Crippen LogP) is 16.7. The van der Waals surface area contributed by atoms with Crippen LogP contribution >= 0.6 is 0 Å². The molecule has 0 fully saturated rings. The Hall–Kier alpha value is -7.42. The minimum atomic E-state index is -0.185. The number of anilines is 3. The molecular formula is C60H45NO. The number of nitrogens with zero attached hydrogens (tertiary/aromatic N) is 1. The van der Waals surface area contributed by atoms with E-state index >= 15 is 0 Å². The topological polar surface area (TPSA) is 16.4 Å². The van der Waals surface area contributed by atoms with Gasteiger partial charge in [0.2, 0.25) is 0 Å². The van der Waals surface area contributed by atoms with Crippen LogP contribution < -0.4 is 4.90 Å². The molecule has 2 heteroatoms. The maximum absolute atomic E-state index is 6.40. The lowest BCUT2D eigenvalue weighted by Gasteiger charge is -2.32. The van der Waals surface area contributed by atoms with Crippen LogP contribution in [-0.2, 0) is 10.8 Å². The Kier molecular flexibility index (Phi) is 7.96. The molecule has 0 radical (unpaired) electrons. The molecule has 0 saturated heterocycles. The molecule has 12 rings (SSSR count). The second kappa shape index (κ2) is 13.5. The molecule has 1 heterocycles. The molecule has 9 aromatic carbocycles. The summed E-state index contributed by atoms with van der Waals surface area (Å²) < 4.78 is 6.40. The molecule has 2 aliphatic carbocycles. The Morgan fingerprint density at radius 1 is 0.371 bits per heavy atom. The molecule has 0 spiro atoms. The Bertz CT molecular complexity index is 3430. The SMILES string of the molecule is CC1(C)c2ccccc2-c2c(-c3ccccc3N(c3cccc(-c4cccc5oc6ccccc6c45)c3)c3ccccc3-c3cccc4c3C(C)(C)c3ccccc3-4)cccc21. The van der Waals surface area contributed by atoms with Crippen LogP contribution in [0.2, 0.25) is 0 Å². The molecule has 10 aromatic rings. The summed E-state index contributed by atoms with van der Waals surface area (Å²) in [5.41, 5.74) is 22.7. The number of para-hydroxylation sites is 3. The zero-order valence-corrected chi connectivity index (χ0v) is 35.4. The molecule has 0 unspecified atom stereocenters. The van der Waals surface area contributed by atoms with Crippen molar-refractivity contribution in [1.82, 2.24) is 0 Å². The van der Waals surface area contributed by atoms with Crippen molar-refractivity contribution in [2.75, 3.05) is 4.90 Å². The fourth-order valence-electron chi connectivity index (χ4n) is 11.1. The van der Waals surface area contributed by atoms with Crippen molar-refractivity contribution in [3.63, 3.8) is 0 Å². The lowest BCUT2D eigenvalue weighted by Crippen LogP contribution is -2.17. The van der Waals surface area contributed by atoms with Crippen molar-refractivity contribution < 1.29 is 4.42 Å². The maximum atomic E-state index is 6.40. The lowest BCUT2D eigenvalue weighted by atomic mass is 9.78. The first-order chi connectivity index (χ1) is 30.3. The first kappa shape index (κ1) is 36.4. The van der Waals surface area contributed by atoms with E-state index in [9.17, 15) is 0 Å². The largest absolute Gasteiger partial charge is 0.456 e. The van der Waals surface area contributed by atoms with E-state index in [0.717, 1.165) is 50.1 Å². The van der Waals surface area contributed by atoms with Crippen molar-refractivity contribution in [3.05, 3.63) is 222 Å². The fourth-order valence-corrected chi connectivity index (χ4v) is 11.1. The molecule has 0 atom stereocenters. The van der Waals surface area contributed by atoms with E-state index in [2.05, 4.69) is 227 Å². The van der Waals surface area contributed by atoms with Gasteiger partial charge in [-0.1, -0.05) is 191 Å². The Morgan fingerprint density at radius 2 is 0.871 bits per heavy atom. The van der Waals surface area contributed by atoms with Gasteiger partial charge in [0.25, 0.3) is 0 Å². The number of fused-ring (bicyclic) bond motifs is 9. The molecule has 2 nitrogen and oxygen atoms in total. The molecule has 0 bridgehead atoms. The van der Waals surface area contributed by atoms with E-state index in [1.807, 2.05) is 6.07 Å². The second-order valence-electron chi connectivity index (χ2n) is 18.0. The van der Waals surface area contributed by atoms with Gasteiger partial charge in [-0.25, -0.2) is 0 Å². The van der Waals surface area contributed by atoms with Crippen LogP contribution in [0.15, 0.2) is 205 Å². The molecule has 0 saturated carbocycles. The molecule has 0 N–H and O–H groups in total. The molecule has 0 aliphatic heterocycles. The summed E-state index contributed by atoms with van der Waals surface area (Å²) in [5.74, 6) is 0. The van der Waals surface area contributed by atoms with Crippen molar-refractivity contribution in [2.45, 2.75) is 38.5 Å². The number of rotatable bonds is 6. The van der Waals surface area contributed by atoms with Gasteiger partial charge in [-0.2, -0.15) is 0 Å². The van der Waals surface area contributed by atoms with E-state index in [-0.39, 0.29) is 10.8 Å². The van der Waals surface area contributed by atoms with Gasteiger partial charge in [0.05, 0.1) is 11.4 Å². The summed E-state index contributed by atoms with van der Waals surface area (Å²) in [7, 11) is 0. The van der Waals surface area contributed by atoms with E-state index < -0.39 is 0 Å². The zero-order chi connectivity index (χ0) is 41.7. The summed E-state index contributed by atoms with van der Waals surface area (Å²) >= 11 is 0. The van der Waals surface area contributed by atoms with Crippen molar-refractivity contribution in [3.8, 4) is 55.6 Å². The fraction of sp³-hybridized carbons (Fsp3) is 0.100. The van der Waals surface area contributed by atoms with E-state index in [4.69, 9.17) is 4.42 Å². The Morgan fingerprint density at radius 3 is 1.65 bits per heavy atom. The van der Waals surface area contributed by atoms with Crippen LogP contribution in [0.5, 0.6) is 0 Å². The quantitative estimate of drug-likeness (QED) is 0.167. The van der Waals surface area contributed by atoms with Gasteiger partial charge in [0.15, 0.2) is 0 Å². The minimum absolute atomic E-state index is 0.117. The van der Waals surface area contributed by atoms with Crippen molar-refractivity contribution >= 4 is 39.0 Å². The highest BCUT2D eigenvalue weighted by Crippen LogP contribution is 2.56. The van der Waals surface area contributed by atoms with Gasteiger partial charge in [0, 0.05) is 38.4 Å². The number of hydrogen-bond donors (Lipinski definition) is 0. The summed E-state index contributed by atoms with van der Waals surface area (Å²) in [6, 6.07) is 73.6. The lowest BCUT2D eigenvalue weighted by molar-refractivity contribution is 0.660. The minimum Gasteiger partial charge on any atom is -0.456 e. The highest BCUT2D eigenvalue weighted by atomic mass is 16.3. The van der Waals surface area contributed by atoms with Gasteiger partial charge < -0.3 is 9.32 Å². The van der Waals surface area contributed by atoms with Gasteiger partial charge in [-0.15, -0.1) is 0 Å². The highest BCUT2D eigenvalue weighted by molar-refractivity contribution is 6.12. The van der Waals surface area contributed by atoms with Crippen LogP contribution in [0.3, 0.4) is 0 Å². The summed E-state index contributed by atoms with van der Waals surface area (Å²) in [4.78, 5) is 2.52. The Balaban J connectivity index is 1.13. The van der Waals surface area contributed by atoms with Crippen molar-refractivity contribution in [1.29, 1.82) is 0 Å². The Labute approximate surface area is 363 Å². The molecule has 2 aliphatic rings. The summed E-state index contributed by atoms with van der Waals surface area (Å²) in [6.07, 6.45) is 0. The average Bonchev–Trinajstić information content (AvgIpc) is 3.90. The third kappa shape index (κ3) is 5.23. The first-order valence-electron chi connectivity index (χ1n) is 21.8. The summed E-state index contributed by atoms with van der Waals surface area (Å²) in [6.45, 7) is 9.50. The van der Waals surface area contributed by atoms with Crippen LogP contribution in [0.25, 0.3) is 77.6 Å². The third-order valence-corrected chi connectivity index (χ3v) is 13.9. The number of benzene rings is 9. The van der Waals surface area contributed by atoms with Gasteiger partial charge in [-0.3, -0.25) is 0 Å². The number of hydrogen-bond acceptors (Lipinski definition) is 2. The van der Waals surface area contributed by atoms with E-state index in [1.54, 1.807) is 0 Å². The van der Waals surface area contributed by atoms with Gasteiger partial charge in [-0.05, 0) is 103 Å². The molecule has 62 heavy (non-hydrogen) atoms. The van der Waals surface area contributed by atoms with Crippen LogP contribution in [-0.4, -0.2) is 0 Å². The predicted molar refractivity (Wildman–Crippen MR) is 260 cm³/mol. The molecular weight excluding hydrogens is 751 g/mol. The third-order valence-electron chi connectivity index (χ3n) is 13.9. The zero-order valence-electron chi connectivity index (χ0n) is 35.4. The summed E-state index contributed by atoms with van der Waals surface area (Å²) in [5, 5.41) is 2.26. The maximum Gasteiger partial charge on any atom is 0.136 e. The monoisotopic (exact) mass is 795 g/mol. The highest BCUT2D eigenvalue weighted by Gasteiger charge is 2.39. The average molecular weight is 796 g/mol. The number of furan rings is 1. The van der Waals surface area contributed by atoms with Crippen molar-refractivity contribution in [2.24, 2.45) is 0 Å². The smallest absolute Gasteiger partial charge is 0.136 e. The molecule has 1 aromatic heterocycles. The second-order valence-corrected chi connectivity index (χ2v) is 18.0.